The second-order valence-electron chi connectivity index (χ2n) is 8.56. The summed E-state index contributed by atoms with van der Waals surface area (Å²) in [7, 11) is 0. The molecule has 31 heavy (non-hydrogen) atoms. The fourth-order valence-corrected chi connectivity index (χ4v) is 5.21. The van der Waals surface area contributed by atoms with Crippen molar-refractivity contribution in [3.8, 4) is 17.2 Å². The highest BCUT2D eigenvalue weighted by atomic mass is 16.7. The van der Waals surface area contributed by atoms with Crippen LogP contribution < -0.4 is 19.1 Å². The SMILES string of the molecule is CCCN(CCC)CCCN1C(=O)C2(COc3cc4c(cc32)OCO4)c2ccccc21. The van der Waals surface area contributed by atoms with E-state index in [1.807, 2.05) is 29.2 Å². The van der Waals surface area contributed by atoms with Crippen molar-refractivity contribution in [1.82, 2.24) is 4.90 Å². The zero-order chi connectivity index (χ0) is 21.4. The van der Waals surface area contributed by atoms with E-state index in [0.29, 0.717) is 30.4 Å². The summed E-state index contributed by atoms with van der Waals surface area (Å²) in [5.74, 6) is 2.18. The van der Waals surface area contributed by atoms with Gasteiger partial charge in [-0.25, -0.2) is 0 Å². The smallest absolute Gasteiger partial charge is 0.245 e. The van der Waals surface area contributed by atoms with Gasteiger partial charge < -0.3 is 24.0 Å². The van der Waals surface area contributed by atoms with Gasteiger partial charge in [-0.05, 0) is 56.6 Å². The number of anilines is 1. The first-order valence-corrected chi connectivity index (χ1v) is 11.4. The number of fused-ring (bicyclic) bond motifs is 5. The van der Waals surface area contributed by atoms with Crippen LogP contribution >= 0.6 is 0 Å². The second kappa shape index (κ2) is 8.08. The molecule has 6 heteroatoms. The predicted molar refractivity (Wildman–Crippen MR) is 119 cm³/mol. The van der Waals surface area contributed by atoms with Gasteiger partial charge in [-0.15, -0.1) is 0 Å². The second-order valence-corrected chi connectivity index (χ2v) is 8.56. The van der Waals surface area contributed by atoms with Gasteiger partial charge in [0.15, 0.2) is 11.5 Å². The van der Waals surface area contributed by atoms with Crippen molar-refractivity contribution in [2.45, 2.75) is 38.5 Å². The van der Waals surface area contributed by atoms with Gasteiger partial charge in [0.1, 0.15) is 17.8 Å². The Morgan fingerprint density at radius 3 is 2.45 bits per heavy atom. The van der Waals surface area contributed by atoms with E-state index < -0.39 is 5.41 Å². The van der Waals surface area contributed by atoms with Crippen LogP contribution in [-0.4, -0.2) is 50.4 Å². The molecule has 1 unspecified atom stereocenters. The van der Waals surface area contributed by atoms with Gasteiger partial charge in [-0.1, -0.05) is 32.0 Å². The summed E-state index contributed by atoms with van der Waals surface area (Å²) in [6.45, 7) is 8.88. The molecule has 3 aliphatic rings. The number of amides is 1. The Balaban J connectivity index is 1.44. The molecule has 0 saturated heterocycles. The van der Waals surface area contributed by atoms with E-state index in [9.17, 15) is 4.79 Å². The Bertz CT molecular complexity index is 985. The van der Waals surface area contributed by atoms with Crippen LogP contribution in [0.3, 0.4) is 0 Å². The largest absolute Gasteiger partial charge is 0.491 e. The molecular formula is C25H30N2O4. The van der Waals surface area contributed by atoms with E-state index >= 15 is 0 Å². The molecule has 0 aromatic heterocycles. The fourth-order valence-electron chi connectivity index (χ4n) is 5.21. The molecule has 3 aliphatic heterocycles. The molecule has 2 aromatic carbocycles. The van der Waals surface area contributed by atoms with Crippen LogP contribution in [-0.2, 0) is 10.2 Å². The van der Waals surface area contributed by atoms with Crippen molar-refractivity contribution in [2.75, 3.05) is 44.5 Å². The molecule has 0 fully saturated rings. The molecule has 2 aromatic rings. The van der Waals surface area contributed by atoms with Crippen LogP contribution in [0.1, 0.15) is 44.2 Å². The minimum Gasteiger partial charge on any atom is -0.491 e. The van der Waals surface area contributed by atoms with Gasteiger partial charge >= 0.3 is 0 Å². The molecule has 0 saturated carbocycles. The van der Waals surface area contributed by atoms with Crippen molar-refractivity contribution in [3.63, 3.8) is 0 Å². The number of benzene rings is 2. The van der Waals surface area contributed by atoms with Crippen LogP contribution in [0.25, 0.3) is 0 Å². The zero-order valence-electron chi connectivity index (χ0n) is 18.4. The third-order valence-corrected chi connectivity index (χ3v) is 6.58. The quantitative estimate of drug-likeness (QED) is 0.645. The van der Waals surface area contributed by atoms with Gasteiger partial charge in [0.05, 0.1) is 0 Å². The monoisotopic (exact) mass is 422 g/mol. The zero-order valence-corrected chi connectivity index (χ0v) is 18.4. The highest BCUT2D eigenvalue weighted by Gasteiger charge is 2.57. The molecule has 6 nitrogen and oxygen atoms in total. The van der Waals surface area contributed by atoms with Crippen LogP contribution in [0, 0.1) is 0 Å². The summed E-state index contributed by atoms with van der Waals surface area (Å²) in [4.78, 5) is 18.4. The van der Waals surface area contributed by atoms with Crippen molar-refractivity contribution in [2.24, 2.45) is 0 Å². The standard InChI is InChI=1S/C25H30N2O4/c1-3-10-26(11-4-2)12-7-13-27-20-9-6-5-8-18(20)25(24(27)28)16-29-21-15-23-22(14-19(21)25)30-17-31-23/h5-6,8-9,14-15H,3-4,7,10-13,16-17H2,1-2H3. The molecule has 1 spiro atoms. The van der Waals surface area contributed by atoms with Gasteiger partial charge in [-0.3, -0.25) is 4.79 Å². The fraction of sp³-hybridized carbons (Fsp3) is 0.480. The van der Waals surface area contributed by atoms with Gasteiger partial charge in [0.2, 0.25) is 12.7 Å². The third-order valence-electron chi connectivity index (χ3n) is 6.58. The summed E-state index contributed by atoms with van der Waals surface area (Å²) in [6, 6.07) is 11.9. The molecule has 0 radical (unpaired) electrons. The Hall–Kier alpha value is -2.73. The van der Waals surface area contributed by atoms with E-state index in [1.165, 1.54) is 0 Å². The maximum Gasteiger partial charge on any atom is 0.245 e. The Kier molecular flexibility index (Phi) is 5.26. The van der Waals surface area contributed by atoms with E-state index in [4.69, 9.17) is 14.2 Å². The van der Waals surface area contributed by atoms with Crippen LogP contribution in [0.4, 0.5) is 5.69 Å². The van der Waals surface area contributed by atoms with Crippen LogP contribution in [0.2, 0.25) is 0 Å². The molecule has 3 heterocycles. The summed E-state index contributed by atoms with van der Waals surface area (Å²) in [5, 5.41) is 0. The van der Waals surface area contributed by atoms with E-state index in [1.54, 1.807) is 0 Å². The predicted octanol–water partition coefficient (Wildman–Crippen LogP) is 3.95. The number of hydrogen-bond acceptors (Lipinski definition) is 5. The van der Waals surface area contributed by atoms with Gasteiger partial charge in [0, 0.05) is 23.9 Å². The molecular weight excluding hydrogens is 392 g/mol. The summed E-state index contributed by atoms with van der Waals surface area (Å²) < 4.78 is 17.2. The molecule has 164 valence electrons. The summed E-state index contributed by atoms with van der Waals surface area (Å²) in [5.41, 5.74) is 2.10. The lowest BCUT2D eigenvalue weighted by Crippen LogP contribution is -2.43. The van der Waals surface area contributed by atoms with Crippen LogP contribution in [0.15, 0.2) is 36.4 Å². The first-order chi connectivity index (χ1) is 15.2. The van der Waals surface area contributed by atoms with Crippen molar-refractivity contribution in [3.05, 3.63) is 47.5 Å². The number of rotatable bonds is 8. The number of hydrogen-bond donors (Lipinski definition) is 0. The van der Waals surface area contributed by atoms with Crippen LogP contribution in [0.5, 0.6) is 17.2 Å². The number of nitrogens with zero attached hydrogens (tertiary/aromatic N) is 2. The molecule has 0 bridgehead atoms. The minimum absolute atomic E-state index is 0.101. The lowest BCUT2D eigenvalue weighted by Gasteiger charge is -2.25. The first-order valence-electron chi connectivity index (χ1n) is 11.4. The normalized spacial score (nSPS) is 20.5. The Morgan fingerprint density at radius 1 is 0.935 bits per heavy atom. The lowest BCUT2D eigenvalue weighted by atomic mass is 9.77. The highest BCUT2D eigenvalue weighted by molar-refractivity contribution is 6.11. The average molecular weight is 423 g/mol. The number of carbonyl (C=O) groups excluding carboxylic acids is 1. The van der Waals surface area contributed by atoms with Crippen molar-refractivity contribution < 1.29 is 19.0 Å². The van der Waals surface area contributed by atoms with E-state index in [-0.39, 0.29) is 12.7 Å². The maximum absolute atomic E-state index is 13.9. The van der Waals surface area contributed by atoms with Crippen molar-refractivity contribution >= 4 is 11.6 Å². The topological polar surface area (TPSA) is 51.2 Å². The van der Waals surface area contributed by atoms with Crippen molar-refractivity contribution in [1.29, 1.82) is 0 Å². The Labute approximate surface area is 183 Å². The lowest BCUT2D eigenvalue weighted by molar-refractivity contribution is -0.122. The molecule has 0 aliphatic carbocycles. The molecule has 1 amide bonds. The highest BCUT2D eigenvalue weighted by Crippen LogP contribution is 2.54. The number of carbonyl (C=O) groups is 1. The molecule has 1 atom stereocenters. The van der Waals surface area contributed by atoms with Gasteiger partial charge in [-0.2, -0.15) is 0 Å². The van der Waals surface area contributed by atoms with Gasteiger partial charge in [0.25, 0.3) is 0 Å². The maximum atomic E-state index is 13.9. The summed E-state index contributed by atoms with van der Waals surface area (Å²) >= 11 is 0. The molecule has 0 N–H and O–H groups in total. The number of ether oxygens (including phenoxy) is 3. The molecule has 5 rings (SSSR count). The van der Waals surface area contributed by atoms with E-state index in [0.717, 1.165) is 55.7 Å². The first kappa shape index (κ1) is 20.2. The van der Waals surface area contributed by atoms with E-state index in [2.05, 4.69) is 30.9 Å². The third kappa shape index (κ3) is 3.16. The number of para-hydroxylation sites is 1. The average Bonchev–Trinajstić information content (AvgIpc) is 3.45. The Morgan fingerprint density at radius 2 is 1.68 bits per heavy atom. The minimum atomic E-state index is -0.806. The summed E-state index contributed by atoms with van der Waals surface area (Å²) in [6.07, 6.45) is 3.25.